The van der Waals surface area contributed by atoms with Gasteiger partial charge in [0.25, 0.3) is 0 Å². The molecule has 0 unspecified atom stereocenters. The van der Waals surface area contributed by atoms with Gasteiger partial charge in [-0.05, 0) is 6.92 Å². The van der Waals surface area contributed by atoms with Gasteiger partial charge in [0.2, 0.25) is 5.91 Å². The van der Waals surface area contributed by atoms with Crippen LogP contribution in [0.3, 0.4) is 0 Å². The van der Waals surface area contributed by atoms with Crippen molar-refractivity contribution in [2.45, 2.75) is 25.4 Å². The molecule has 7 heteroatoms. The largest absolute Gasteiger partial charge is 0.480 e. The molecule has 0 bridgehead atoms. The van der Waals surface area contributed by atoms with Crippen molar-refractivity contribution in [3.05, 3.63) is 18.2 Å². The number of rotatable bonds is 5. The van der Waals surface area contributed by atoms with Crippen molar-refractivity contribution in [2.24, 2.45) is 5.73 Å². The lowest BCUT2D eigenvalue weighted by Gasteiger charge is -2.14. The number of H-pyrrole nitrogens is 1. The normalized spacial score (nSPS) is 14.1. The number of aromatic amines is 1. The zero-order valence-electron chi connectivity index (χ0n) is 8.80. The number of imidazole rings is 1. The average molecular weight is 226 g/mol. The third-order valence-corrected chi connectivity index (χ3v) is 2.00. The van der Waals surface area contributed by atoms with E-state index >= 15 is 0 Å². The molecular weight excluding hydrogens is 212 g/mol. The van der Waals surface area contributed by atoms with Crippen molar-refractivity contribution in [1.29, 1.82) is 0 Å². The average Bonchev–Trinajstić information content (AvgIpc) is 2.68. The number of nitrogens with two attached hydrogens (primary N) is 1. The zero-order chi connectivity index (χ0) is 12.1. The first kappa shape index (κ1) is 12.2. The molecule has 0 radical (unpaired) electrons. The van der Waals surface area contributed by atoms with Gasteiger partial charge in [-0.15, -0.1) is 0 Å². The van der Waals surface area contributed by atoms with Gasteiger partial charge in [0.05, 0.1) is 18.1 Å². The van der Waals surface area contributed by atoms with Crippen LogP contribution in [-0.2, 0) is 16.0 Å². The van der Waals surface area contributed by atoms with Crippen LogP contribution >= 0.6 is 0 Å². The second kappa shape index (κ2) is 5.26. The first-order valence-corrected chi connectivity index (χ1v) is 4.77. The molecule has 0 saturated heterocycles. The lowest BCUT2D eigenvalue weighted by molar-refractivity contribution is -0.141. The maximum absolute atomic E-state index is 11.3. The Kier molecular flexibility index (Phi) is 4.01. The quantitative estimate of drug-likeness (QED) is 0.506. The molecule has 2 atom stereocenters. The van der Waals surface area contributed by atoms with E-state index < -0.39 is 24.0 Å². The second-order valence-electron chi connectivity index (χ2n) is 3.45. The first-order valence-electron chi connectivity index (χ1n) is 4.77. The molecule has 88 valence electrons. The maximum atomic E-state index is 11.3. The van der Waals surface area contributed by atoms with Crippen LogP contribution in [0.4, 0.5) is 0 Å². The Labute approximate surface area is 92.1 Å². The fraction of sp³-hybridized carbons (Fsp3) is 0.444. The van der Waals surface area contributed by atoms with E-state index in [4.69, 9.17) is 10.8 Å². The number of hydrogen-bond acceptors (Lipinski definition) is 4. The fourth-order valence-electron chi connectivity index (χ4n) is 1.11. The third-order valence-electron chi connectivity index (χ3n) is 2.00. The van der Waals surface area contributed by atoms with Gasteiger partial charge in [-0.2, -0.15) is 0 Å². The number of hydrogen-bond donors (Lipinski definition) is 4. The topological polar surface area (TPSA) is 121 Å². The van der Waals surface area contributed by atoms with Crippen LogP contribution in [0.15, 0.2) is 12.5 Å². The molecule has 7 nitrogen and oxygen atoms in total. The summed E-state index contributed by atoms with van der Waals surface area (Å²) in [5, 5.41) is 11.2. The summed E-state index contributed by atoms with van der Waals surface area (Å²) >= 11 is 0. The number of carbonyl (C=O) groups excluding carboxylic acids is 1. The van der Waals surface area contributed by atoms with Gasteiger partial charge in [-0.1, -0.05) is 0 Å². The fourth-order valence-corrected chi connectivity index (χ4v) is 1.11. The SMILES string of the molecule is C[C@H](N)C(=O)N[C@H](Cc1c[nH]cn1)C(=O)O. The minimum Gasteiger partial charge on any atom is -0.480 e. The summed E-state index contributed by atoms with van der Waals surface area (Å²) in [7, 11) is 0. The van der Waals surface area contributed by atoms with Crippen LogP contribution in [0, 0.1) is 0 Å². The molecule has 16 heavy (non-hydrogen) atoms. The van der Waals surface area contributed by atoms with Crippen molar-refractivity contribution >= 4 is 11.9 Å². The molecule has 1 rings (SSSR count). The van der Waals surface area contributed by atoms with Gasteiger partial charge in [0.15, 0.2) is 0 Å². The van der Waals surface area contributed by atoms with Crippen LogP contribution in [0.25, 0.3) is 0 Å². The Morgan fingerprint density at radius 3 is 2.81 bits per heavy atom. The third kappa shape index (κ3) is 3.35. The van der Waals surface area contributed by atoms with Crippen molar-refractivity contribution in [3.63, 3.8) is 0 Å². The minimum absolute atomic E-state index is 0.122. The van der Waals surface area contributed by atoms with E-state index in [-0.39, 0.29) is 6.42 Å². The Morgan fingerprint density at radius 2 is 2.38 bits per heavy atom. The summed E-state index contributed by atoms with van der Waals surface area (Å²) in [4.78, 5) is 28.7. The van der Waals surface area contributed by atoms with E-state index in [9.17, 15) is 9.59 Å². The van der Waals surface area contributed by atoms with E-state index in [0.29, 0.717) is 5.69 Å². The molecular formula is C9H14N4O3. The number of carboxylic acid groups (broad SMARTS) is 1. The zero-order valence-corrected chi connectivity index (χ0v) is 8.80. The molecule has 1 heterocycles. The molecule has 0 spiro atoms. The van der Waals surface area contributed by atoms with Crippen molar-refractivity contribution in [1.82, 2.24) is 15.3 Å². The molecule has 0 saturated carbocycles. The van der Waals surface area contributed by atoms with Gasteiger partial charge in [-0.3, -0.25) is 4.79 Å². The number of aliphatic carboxylic acids is 1. The number of carboxylic acids is 1. The summed E-state index contributed by atoms with van der Waals surface area (Å²) in [5.74, 6) is -1.61. The van der Waals surface area contributed by atoms with E-state index in [2.05, 4.69) is 15.3 Å². The summed E-state index contributed by atoms with van der Waals surface area (Å²) in [6.07, 6.45) is 3.15. The van der Waals surface area contributed by atoms with Gasteiger partial charge in [-0.25, -0.2) is 9.78 Å². The van der Waals surface area contributed by atoms with Gasteiger partial charge in [0, 0.05) is 12.6 Å². The maximum Gasteiger partial charge on any atom is 0.326 e. The molecule has 0 aliphatic carbocycles. The lowest BCUT2D eigenvalue weighted by atomic mass is 10.1. The molecule has 1 aromatic rings. The number of amides is 1. The molecule has 0 aliphatic heterocycles. The van der Waals surface area contributed by atoms with E-state index in [0.717, 1.165) is 0 Å². The summed E-state index contributed by atoms with van der Waals surface area (Å²) in [6, 6.07) is -1.75. The van der Waals surface area contributed by atoms with Crippen LogP contribution in [0.1, 0.15) is 12.6 Å². The lowest BCUT2D eigenvalue weighted by Crippen LogP contribution is -2.48. The summed E-state index contributed by atoms with van der Waals surface area (Å²) in [6.45, 7) is 1.49. The highest BCUT2D eigenvalue weighted by molar-refractivity contribution is 5.86. The highest BCUT2D eigenvalue weighted by Gasteiger charge is 2.22. The number of aromatic nitrogens is 2. The van der Waals surface area contributed by atoms with E-state index in [1.807, 2.05) is 0 Å². The van der Waals surface area contributed by atoms with Gasteiger partial charge >= 0.3 is 5.97 Å². The first-order chi connectivity index (χ1) is 7.50. The minimum atomic E-state index is -1.11. The number of carbonyl (C=O) groups is 2. The van der Waals surface area contributed by atoms with E-state index in [1.165, 1.54) is 13.3 Å². The molecule has 5 N–H and O–H groups in total. The van der Waals surface area contributed by atoms with Crippen molar-refractivity contribution < 1.29 is 14.7 Å². The van der Waals surface area contributed by atoms with Crippen molar-refractivity contribution in [2.75, 3.05) is 0 Å². The Morgan fingerprint density at radius 1 is 1.69 bits per heavy atom. The highest BCUT2D eigenvalue weighted by Crippen LogP contribution is 1.99. The molecule has 0 aromatic carbocycles. The molecule has 1 amide bonds. The second-order valence-corrected chi connectivity index (χ2v) is 3.45. The monoisotopic (exact) mass is 226 g/mol. The van der Waals surface area contributed by atoms with Crippen LogP contribution in [0.5, 0.6) is 0 Å². The van der Waals surface area contributed by atoms with Crippen LogP contribution in [-0.4, -0.2) is 39.0 Å². The smallest absolute Gasteiger partial charge is 0.326 e. The van der Waals surface area contributed by atoms with E-state index in [1.54, 1.807) is 6.20 Å². The van der Waals surface area contributed by atoms with Gasteiger partial charge in [0.1, 0.15) is 6.04 Å². The predicted octanol–water partition coefficient (Wildman–Crippen LogP) is -1.13. The summed E-state index contributed by atoms with van der Waals surface area (Å²) in [5.41, 5.74) is 5.90. The number of nitrogens with zero attached hydrogens (tertiary/aromatic N) is 1. The Bertz CT molecular complexity index is 361. The Hall–Kier alpha value is -1.89. The summed E-state index contributed by atoms with van der Waals surface area (Å²) < 4.78 is 0. The van der Waals surface area contributed by atoms with Crippen LogP contribution < -0.4 is 11.1 Å². The predicted molar refractivity (Wildman–Crippen MR) is 55.5 cm³/mol. The molecule has 0 aliphatic rings. The molecule has 0 fully saturated rings. The van der Waals surface area contributed by atoms with Crippen LogP contribution in [0.2, 0.25) is 0 Å². The standard InChI is InChI=1S/C9H14N4O3/c1-5(10)8(14)13-7(9(15)16)2-6-3-11-4-12-6/h3-5,7H,2,10H2,1H3,(H,11,12)(H,13,14)(H,15,16)/t5-,7+/m0/s1. The number of nitrogens with one attached hydrogen (secondary N) is 2. The van der Waals surface area contributed by atoms with Crippen molar-refractivity contribution in [3.8, 4) is 0 Å². The molecule has 1 aromatic heterocycles. The van der Waals surface area contributed by atoms with Gasteiger partial charge < -0.3 is 21.1 Å². The Balaban J connectivity index is 2.62. The highest BCUT2D eigenvalue weighted by atomic mass is 16.4.